The van der Waals surface area contributed by atoms with Crippen LogP contribution in [0.4, 0.5) is 0 Å². The maximum Gasteiger partial charge on any atom is 0.105 e. The van der Waals surface area contributed by atoms with Gasteiger partial charge in [-0.25, -0.2) is 0 Å². The van der Waals surface area contributed by atoms with Gasteiger partial charge in [0.05, 0.1) is 0 Å². The topological polar surface area (TPSA) is 37.2 Å². The number of rotatable bonds is 5. The lowest BCUT2D eigenvalue weighted by molar-refractivity contribution is 0.421. The first-order chi connectivity index (χ1) is 7.81. The van der Waals surface area contributed by atoms with Gasteiger partial charge < -0.3 is 15.1 Å². The Morgan fingerprint density at radius 3 is 2.12 bits per heavy atom. The van der Waals surface area contributed by atoms with Gasteiger partial charge in [-0.3, -0.25) is 0 Å². The predicted octanol–water partition coefficient (Wildman–Crippen LogP) is 2.68. The fraction of sp³-hybridized carbons (Fsp3) is 0.714. The molecule has 0 unspecified atom stereocenters. The molecule has 0 bridgehead atoms. The number of aryl methyl sites for hydroxylation is 2. The van der Waals surface area contributed by atoms with Crippen molar-refractivity contribution in [3.05, 3.63) is 22.6 Å². The minimum absolute atomic E-state index is 0.194. The highest BCUT2D eigenvalue weighted by molar-refractivity contribution is 5.31. The van der Waals surface area contributed by atoms with Crippen LogP contribution in [0.15, 0.2) is 4.42 Å². The highest BCUT2D eigenvalue weighted by atomic mass is 16.3. The molecular formula is C14H26N2O. The first-order valence-corrected chi connectivity index (χ1v) is 6.32. The second kappa shape index (κ2) is 5.69. The van der Waals surface area contributed by atoms with E-state index in [9.17, 15) is 0 Å². The van der Waals surface area contributed by atoms with E-state index in [-0.39, 0.29) is 5.54 Å². The molecule has 3 heteroatoms. The molecule has 0 aliphatic rings. The maximum absolute atomic E-state index is 5.60. The zero-order valence-electron chi connectivity index (χ0n) is 12.0. The van der Waals surface area contributed by atoms with E-state index in [2.05, 4.69) is 38.3 Å². The van der Waals surface area contributed by atoms with Crippen LogP contribution < -0.4 is 10.6 Å². The first kappa shape index (κ1) is 14.3. The minimum Gasteiger partial charge on any atom is -0.466 e. The van der Waals surface area contributed by atoms with Gasteiger partial charge in [0.1, 0.15) is 11.5 Å². The van der Waals surface area contributed by atoms with Gasteiger partial charge >= 0.3 is 0 Å². The van der Waals surface area contributed by atoms with E-state index in [0.717, 1.165) is 31.2 Å². The summed E-state index contributed by atoms with van der Waals surface area (Å²) in [7, 11) is 0. The highest BCUT2D eigenvalue weighted by Gasteiger charge is 2.10. The van der Waals surface area contributed by atoms with Crippen LogP contribution >= 0.6 is 0 Å². The van der Waals surface area contributed by atoms with Crippen LogP contribution in [0, 0.1) is 20.8 Å². The molecule has 0 amide bonds. The molecule has 0 saturated carbocycles. The summed E-state index contributed by atoms with van der Waals surface area (Å²) in [5.41, 5.74) is 2.77. The van der Waals surface area contributed by atoms with Gasteiger partial charge in [0.25, 0.3) is 0 Å². The number of hydrogen-bond acceptors (Lipinski definition) is 3. The van der Waals surface area contributed by atoms with E-state index in [4.69, 9.17) is 4.42 Å². The van der Waals surface area contributed by atoms with Crippen LogP contribution in [0.1, 0.15) is 43.4 Å². The van der Waals surface area contributed by atoms with E-state index in [1.54, 1.807) is 0 Å². The van der Waals surface area contributed by atoms with Crippen molar-refractivity contribution in [1.82, 2.24) is 10.6 Å². The summed E-state index contributed by atoms with van der Waals surface area (Å²) in [6.07, 6.45) is 0. The highest BCUT2D eigenvalue weighted by Crippen LogP contribution is 2.20. The van der Waals surface area contributed by atoms with E-state index >= 15 is 0 Å². The van der Waals surface area contributed by atoms with Crippen LogP contribution in [0.2, 0.25) is 0 Å². The quantitative estimate of drug-likeness (QED) is 0.774. The smallest absolute Gasteiger partial charge is 0.105 e. The Morgan fingerprint density at radius 2 is 1.65 bits per heavy atom. The van der Waals surface area contributed by atoms with Crippen LogP contribution in [0.5, 0.6) is 0 Å². The molecule has 1 aromatic heterocycles. The van der Waals surface area contributed by atoms with Crippen molar-refractivity contribution in [2.24, 2.45) is 0 Å². The molecule has 17 heavy (non-hydrogen) atoms. The van der Waals surface area contributed by atoms with E-state index < -0.39 is 0 Å². The number of nitrogens with one attached hydrogen (secondary N) is 2. The summed E-state index contributed by atoms with van der Waals surface area (Å²) >= 11 is 0. The van der Waals surface area contributed by atoms with Crippen molar-refractivity contribution in [1.29, 1.82) is 0 Å². The SMILES string of the molecule is Cc1oc(C)c(CNCCNC(C)(C)C)c1C. The monoisotopic (exact) mass is 238 g/mol. The summed E-state index contributed by atoms with van der Waals surface area (Å²) in [6.45, 7) is 15.6. The number of hydrogen-bond donors (Lipinski definition) is 2. The Kier molecular flexibility index (Phi) is 4.78. The maximum atomic E-state index is 5.60. The zero-order valence-corrected chi connectivity index (χ0v) is 12.0. The molecule has 0 fully saturated rings. The van der Waals surface area contributed by atoms with Gasteiger partial charge in [-0.15, -0.1) is 0 Å². The molecule has 1 heterocycles. The Morgan fingerprint density at radius 1 is 1.00 bits per heavy atom. The first-order valence-electron chi connectivity index (χ1n) is 6.32. The van der Waals surface area contributed by atoms with E-state index in [1.165, 1.54) is 11.1 Å². The van der Waals surface area contributed by atoms with Crippen LogP contribution in [-0.4, -0.2) is 18.6 Å². The fourth-order valence-electron chi connectivity index (χ4n) is 1.84. The van der Waals surface area contributed by atoms with Crippen molar-refractivity contribution >= 4 is 0 Å². The van der Waals surface area contributed by atoms with Gasteiger partial charge in [-0.2, -0.15) is 0 Å². The lowest BCUT2D eigenvalue weighted by Gasteiger charge is -2.20. The van der Waals surface area contributed by atoms with Gasteiger partial charge in [0, 0.05) is 30.7 Å². The van der Waals surface area contributed by atoms with Crippen molar-refractivity contribution in [3.8, 4) is 0 Å². The van der Waals surface area contributed by atoms with Crippen molar-refractivity contribution in [2.45, 2.75) is 53.6 Å². The Balaban J connectivity index is 2.32. The summed E-state index contributed by atoms with van der Waals surface area (Å²) in [6, 6.07) is 0. The molecular weight excluding hydrogens is 212 g/mol. The lowest BCUT2D eigenvalue weighted by Crippen LogP contribution is -2.40. The second-order valence-electron chi connectivity index (χ2n) is 5.67. The van der Waals surface area contributed by atoms with Crippen molar-refractivity contribution in [2.75, 3.05) is 13.1 Å². The molecule has 0 saturated heterocycles. The van der Waals surface area contributed by atoms with Crippen LogP contribution in [0.25, 0.3) is 0 Å². The molecule has 98 valence electrons. The second-order valence-corrected chi connectivity index (χ2v) is 5.67. The van der Waals surface area contributed by atoms with Gasteiger partial charge in [-0.05, 0) is 47.1 Å². The molecule has 0 aliphatic carbocycles. The average molecular weight is 238 g/mol. The summed E-state index contributed by atoms with van der Waals surface area (Å²) in [5, 5.41) is 6.90. The Bertz CT molecular complexity index is 361. The van der Waals surface area contributed by atoms with Gasteiger partial charge in [0.15, 0.2) is 0 Å². The molecule has 0 atom stereocenters. The summed E-state index contributed by atoms with van der Waals surface area (Å²) in [4.78, 5) is 0. The van der Waals surface area contributed by atoms with E-state index in [0.29, 0.717) is 0 Å². The van der Waals surface area contributed by atoms with Crippen LogP contribution in [-0.2, 0) is 6.54 Å². The molecule has 2 N–H and O–H groups in total. The molecule has 1 rings (SSSR count). The average Bonchev–Trinajstić information content (AvgIpc) is 2.42. The number of furan rings is 1. The Hall–Kier alpha value is -0.800. The van der Waals surface area contributed by atoms with Crippen molar-refractivity contribution in [3.63, 3.8) is 0 Å². The standard InChI is InChI=1S/C14H26N2O/c1-10-11(2)17-12(3)13(10)9-15-7-8-16-14(4,5)6/h15-16H,7-9H2,1-6H3. The van der Waals surface area contributed by atoms with Gasteiger partial charge in [0.2, 0.25) is 0 Å². The van der Waals surface area contributed by atoms with Gasteiger partial charge in [-0.1, -0.05) is 0 Å². The zero-order chi connectivity index (χ0) is 13.1. The lowest BCUT2D eigenvalue weighted by atomic mass is 10.1. The molecule has 1 aromatic rings. The largest absolute Gasteiger partial charge is 0.466 e. The summed E-state index contributed by atoms with van der Waals surface area (Å²) in [5.74, 6) is 2.07. The molecule has 0 aliphatic heterocycles. The Labute approximate surface area is 105 Å². The third-order valence-corrected chi connectivity index (χ3v) is 2.97. The van der Waals surface area contributed by atoms with E-state index in [1.807, 2.05) is 13.8 Å². The van der Waals surface area contributed by atoms with Crippen LogP contribution in [0.3, 0.4) is 0 Å². The summed E-state index contributed by atoms with van der Waals surface area (Å²) < 4.78 is 5.60. The fourth-order valence-corrected chi connectivity index (χ4v) is 1.84. The third-order valence-electron chi connectivity index (χ3n) is 2.97. The van der Waals surface area contributed by atoms with Crippen molar-refractivity contribution < 1.29 is 4.42 Å². The molecule has 0 spiro atoms. The third kappa shape index (κ3) is 4.52. The molecule has 0 aromatic carbocycles. The normalized spacial score (nSPS) is 12.1. The predicted molar refractivity (Wildman–Crippen MR) is 72.4 cm³/mol. The molecule has 3 nitrogen and oxygen atoms in total. The minimum atomic E-state index is 0.194. The molecule has 0 radical (unpaired) electrons.